The maximum atomic E-state index is 3.73. The smallest absolute Gasteiger partial charge is 0.0108 e. The lowest BCUT2D eigenvalue weighted by atomic mass is 10.0. The van der Waals surface area contributed by atoms with Gasteiger partial charge in [-0.1, -0.05) is 18.2 Å². The molecule has 0 aromatic heterocycles. The van der Waals surface area contributed by atoms with E-state index < -0.39 is 0 Å². The lowest BCUT2D eigenvalue weighted by molar-refractivity contribution is 0.264. The minimum absolute atomic E-state index is 0.707. The summed E-state index contributed by atoms with van der Waals surface area (Å²) in [5.74, 6) is 2.80. The van der Waals surface area contributed by atoms with Gasteiger partial charge >= 0.3 is 0 Å². The van der Waals surface area contributed by atoms with Crippen molar-refractivity contribution in [2.45, 2.75) is 37.1 Å². The second-order valence-corrected chi connectivity index (χ2v) is 7.51. The lowest BCUT2D eigenvalue weighted by Gasteiger charge is -2.20. The van der Waals surface area contributed by atoms with Crippen molar-refractivity contribution in [1.82, 2.24) is 10.2 Å². The monoisotopic (exact) mass is 290 g/mol. The molecule has 1 N–H and O–H groups in total. The van der Waals surface area contributed by atoms with Crippen molar-refractivity contribution in [3.05, 3.63) is 29.8 Å². The van der Waals surface area contributed by atoms with E-state index in [2.05, 4.69) is 48.3 Å². The molecule has 2 aliphatic rings. The van der Waals surface area contributed by atoms with Gasteiger partial charge in [0.1, 0.15) is 0 Å². The molecule has 2 nitrogen and oxygen atoms in total. The molecule has 0 spiro atoms. The predicted octanol–water partition coefficient (Wildman–Crippen LogP) is 3.20. The molecule has 1 saturated heterocycles. The van der Waals surface area contributed by atoms with Gasteiger partial charge in [-0.05, 0) is 50.9 Å². The summed E-state index contributed by atoms with van der Waals surface area (Å²) in [5.41, 5.74) is 1.56. The molecule has 110 valence electrons. The first-order valence-corrected chi connectivity index (χ1v) is 8.89. The van der Waals surface area contributed by atoms with Crippen molar-refractivity contribution in [2.24, 2.45) is 5.92 Å². The van der Waals surface area contributed by atoms with E-state index >= 15 is 0 Å². The standard InChI is InChI=1S/C17H26N2S/c1-13(2)19-8-7-14(11-19)9-18-10-15-12-20-17-6-4-3-5-16(15)17/h3-6,13-15,18H,7-12H2,1-2H3. The molecule has 0 bridgehead atoms. The number of hydrogen-bond donors (Lipinski definition) is 1. The second-order valence-electron chi connectivity index (χ2n) is 6.45. The Morgan fingerprint density at radius 3 is 2.95 bits per heavy atom. The summed E-state index contributed by atoms with van der Waals surface area (Å²) in [6, 6.07) is 9.60. The van der Waals surface area contributed by atoms with E-state index in [0.717, 1.165) is 12.5 Å². The first kappa shape index (κ1) is 14.4. The zero-order valence-electron chi connectivity index (χ0n) is 12.6. The minimum Gasteiger partial charge on any atom is -0.316 e. The number of nitrogens with zero attached hydrogens (tertiary/aromatic N) is 1. The number of nitrogens with one attached hydrogen (secondary N) is 1. The van der Waals surface area contributed by atoms with E-state index in [1.54, 1.807) is 5.56 Å². The summed E-state index contributed by atoms with van der Waals surface area (Å²) < 4.78 is 0. The molecule has 2 unspecified atom stereocenters. The fraction of sp³-hybridized carbons (Fsp3) is 0.647. The Morgan fingerprint density at radius 2 is 2.15 bits per heavy atom. The lowest BCUT2D eigenvalue weighted by Crippen LogP contribution is -2.32. The molecular formula is C17H26N2S. The summed E-state index contributed by atoms with van der Waals surface area (Å²) in [4.78, 5) is 4.10. The highest BCUT2D eigenvalue weighted by Crippen LogP contribution is 2.38. The first-order valence-electron chi connectivity index (χ1n) is 7.90. The van der Waals surface area contributed by atoms with Crippen molar-refractivity contribution in [1.29, 1.82) is 0 Å². The van der Waals surface area contributed by atoms with Gasteiger partial charge in [-0.15, -0.1) is 11.8 Å². The van der Waals surface area contributed by atoms with Crippen molar-refractivity contribution in [3.8, 4) is 0 Å². The fourth-order valence-corrected chi connectivity index (χ4v) is 4.61. The van der Waals surface area contributed by atoms with E-state index in [9.17, 15) is 0 Å². The van der Waals surface area contributed by atoms with Crippen LogP contribution in [0.4, 0.5) is 0 Å². The summed E-state index contributed by atoms with van der Waals surface area (Å²) in [6.45, 7) is 9.51. The molecule has 2 heterocycles. The van der Waals surface area contributed by atoms with Crippen molar-refractivity contribution < 1.29 is 0 Å². The number of thioether (sulfide) groups is 1. The maximum Gasteiger partial charge on any atom is 0.0108 e. The van der Waals surface area contributed by atoms with Gasteiger partial charge in [0.25, 0.3) is 0 Å². The quantitative estimate of drug-likeness (QED) is 0.896. The third-order valence-corrected chi connectivity index (χ3v) is 5.92. The molecule has 0 radical (unpaired) electrons. The maximum absolute atomic E-state index is 3.73. The second kappa shape index (κ2) is 6.50. The third-order valence-electron chi connectivity index (χ3n) is 4.67. The van der Waals surface area contributed by atoms with Crippen LogP contribution in [0.1, 0.15) is 31.7 Å². The topological polar surface area (TPSA) is 15.3 Å². The SMILES string of the molecule is CC(C)N1CCC(CNCC2CSc3ccccc32)C1. The van der Waals surface area contributed by atoms with Crippen LogP contribution in [0, 0.1) is 5.92 Å². The van der Waals surface area contributed by atoms with Gasteiger partial charge in [-0.3, -0.25) is 0 Å². The molecule has 0 saturated carbocycles. The fourth-order valence-electron chi connectivity index (χ4n) is 3.36. The summed E-state index contributed by atoms with van der Waals surface area (Å²) in [7, 11) is 0. The molecule has 2 aliphatic heterocycles. The van der Waals surface area contributed by atoms with Gasteiger partial charge in [0.05, 0.1) is 0 Å². The van der Waals surface area contributed by atoms with E-state index in [1.165, 1.54) is 36.7 Å². The zero-order valence-corrected chi connectivity index (χ0v) is 13.5. The van der Waals surface area contributed by atoms with E-state index in [4.69, 9.17) is 0 Å². The normalized spacial score (nSPS) is 26.4. The van der Waals surface area contributed by atoms with E-state index in [0.29, 0.717) is 12.0 Å². The van der Waals surface area contributed by atoms with Gasteiger partial charge < -0.3 is 10.2 Å². The largest absolute Gasteiger partial charge is 0.316 e. The van der Waals surface area contributed by atoms with Crippen LogP contribution < -0.4 is 5.32 Å². The number of rotatable bonds is 5. The summed E-state index contributed by atoms with van der Waals surface area (Å²) in [5, 5.41) is 3.73. The van der Waals surface area contributed by atoms with Gasteiger partial charge in [-0.2, -0.15) is 0 Å². The van der Waals surface area contributed by atoms with E-state index in [-0.39, 0.29) is 0 Å². The Balaban J connectivity index is 1.43. The summed E-state index contributed by atoms with van der Waals surface area (Å²) >= 11 is 2.01. The van der Waals surface area contributed by atoms with Crippen LogP contribution in [0.5, 0.6) is 0 Å². The highest BCUT2D eigenvalue weighted by Gasteiger charge is 2.25. The number of fused-ring (bicyclic) bond motifs is 1. The van der Waals surface area contributed by atoms with Crippen LogP contribution in [0.15, 0.2) is 29.2 Å². The summed E-state index contributed by atoms with van der Waals surface area (Å²) in [6.07, 6.45) is 1.36. The van der Waals surface area contributed by atoms with Crippen molar-refractivity contribution in [2.75, 3.05) is 31.9 Å². The minimum atomic E-state index is 0.707. The van der Waals surface area contributed by atoms with Crippen LogP contribution >= 0.6 is 11.8 Å². The molecule has 1 aromatic rings. The molecule has 2 atom stereocenters. The first-order chi connectivity index (χ1) is 9.74. The highest BCUT2D eigenvalue weighted by molar-refractivity contribution is 7.99. The van der Waals surface area contributed by atoms with E-state index in [1.807, 2.05) is 11.8 Å². The van der Waals surface area contributed by atoms with Gasteiger partial charge in [0, 0.05) is 35.7 Å². The highest BCUT2D eigenvalue weighted by atomic mass is 32.2. The van der Waals surface area contributed by atoms with Crippen LogP contribution in [-0.2, 0) is 0 Å². The van der Waals surface area contributed by atoms with Crippen LogP contribution in [0.25, 0.3) is 0 Å². The molecule has 1 fully saturated rings. The average Bonchev–Trinajstić information content (AvgIpc) is 3.06. The average molecular weight is 290 g/mol. The molecule has 20 heavy (non-hydrogen) atoms. The number of likely N-dealkylation sites (tertiary alicyclic amines) is 1. The molecule has 0 aliphatic carbocycles. The van der Waals surface area contributed by atoms with Crippen LogP contribution in [-0.4, -0.2) is 42.9 Å². The Morgan fingerprint density at radius 1 is 1.30 bits per heavy atom. The van der Waals surface area contributed by atoms with Gasteiger partial charge in [0.2, 0.25) is 0 Å². The zero-order chi connectivity index (χ0) is 13.9. The van der Waals surface area contributed by atoms with Crippen LogP contribution in [0.3, 0.4) is 0 Å². The molecule has 1 aromatic carbocycles. The molecule has 0 amide bonds. The molecular weight excluding hydrogens is 264 g/mol. The van der Waals surface area contributed by atoms with Gasteiger partial charge in [-0.25, -0.2) is 0 Å². The third kappa shape index (κ3) is 3.21. The molecule has 3 rings (SSSR count). The van der Waals surface area contributed by atoms with Crippen molar-refractivity contribution in [3.63, 3.8) is 0 Å². The Bertz CT molecular complexity index is 446. The van der Waals surface area contributed by atoms with Crippen LogP contribution in [0.2, 0.25) is 0 Å². The number of benzene rings is 1. The predicted molar refractivity (Wildman–Crippen MR) is 87.6 cm³/mol. The van der Waals surface area contributed by atoms with Gasteiger partial charge in [0.15, 0.2) is 0 Å². The Hall–Kier alpha value is -0.510. The Labute approximate surface area is 127 Å². The van der Waals surface area contributed by atoms with Crippen molar-refractivity contribution >= 4 is 11.8 Å². The molecule has 3 heteroatoms. The number of hydrogen-bond acceptors (Lipinski definition) is 3. The Kier molecular flexibility index (Phi) is 4.69.